The number of ether oxygens (including phenoxy) is 1. The highest BCUT2D eigenvalue weighted by atomic mass is 16.5. The smallest absolute Gasteiger partial charge is 0.127 e. The van der Waals surface area contributed by atoms with E-state index in [0.717, 1.165) is 37.0 Å². The molecule has 0 fully saturated rings. The Bertz CT molecular complexity index is 290. The first-order valence-electron chi connectivity index (χ1n) is 5.46. The summed E-state index contributed by atoms with van der Waals surface area (Å²) in [5.74, 6) is 0.847. The summed E-state index contributed by atoms with van der Waals surface area (Å²) in [4.78, 5) is 10.6. The Morgan fingerprint density at radius 2 is 2.00 bits per heavy atom. The van der Waals surface area contributed by atoms with E-state index in [0.29, 0.717) is 0 Å². The number of carbonyl (C=O) groups excluding carboxylic acids is 1. The van der Waals surface area contributed by atoms with E-state index >= 15 is 0 Å². The minimum Gasteiger partial charge on any atom is -0.494 e. The molecule has 1 atom stereocenters. The van der Waals surface area contributed by atoms with Crippen LogP contribution in [0.2, 0.25) is 0 Å². The lowest BCUT2D eigenvalue weighted by Gasteiger charge is -2.07. The van der Waals surface area contributed by atoms with Gasteiger partial charge in [0.15, 0.2) is 0 Å². The second-order valence-electron chi connectivity index (χ2n) is 3.70. The Kier molecular flexibility index (Phi) is 4.88. The molecule has 1 aromatic carbocycles. The van der Waals surface area contributed by atoms with Gasteiger partial charge >= 0.3 is 0 Å². The Balaban J connectivity index is 2.52. The highest BCUT2D eigenvalue weighted by Crippen LogP contribution is 2.17. The van der Waals surface area contributed by atoms with Gasteiger partial charge in [0.1, 0.15) is 12.0 Å². The van der Waals surface area contributed by atoms with Crippen LogP contribution in [0.25, 0.3) is 0 Å². The minimum atomic E-state index is -0.0327. The number of benzene rings is 1. The van der Waals surface area contributed by atoms with E-state index in [9.17, 15) is 4.79 Å². The molecule has 0 aliphatic rings. The first-order valence-corrected chi connectivity index (χ1v) is 5.46. The van der Waals surface area contributed by atoms with E-state index < -0.39 is 0 Å². The van der Waals surface area contributed by atoms with Gasteiger partial charge in [-0.1, -0.05) is 32.4 Å². The number of aldehydes is 1. The van der Waals surface area contributed by atoms with Crippen molar-refractivity contribution in [2.75, 3.05) is 6.61 Å². The average molecular weight is 206 g/mol. The fourth-order valence-corrected chi connectivity index (χ4v) is 1.28. The van der Waals surface area contributed by atoms with E-state index in [1.807, 2.05) is 31.2 Å². The predicted molar refractivity (Wildman–Crippen MR) is 61.3 cm³/mol. The molecule has 15 heavy (non-hydrogen) atoms. The lowest BCUT2D eigenvalue weighted by Crippen LogP contribution is -1.97. The van der Waals surface area contributed by atoms with E-state index in [1.165, 1.54) is 0 Å². The summed E-state index contributed by atoms with van der Waals surface area (Å²) >= 11 is 0. The molecule has 1 unspecified atom stereocenters. The second-order valence-corrected chi connectivity index (χ2v) is 3.70. The quantitative estimate of drug-likeness (QED) is 0.528. The first kappa shape index (κ1) is 11.8. The zero-order valence-electron chi connectivity index (χ0n) is 9.40. The van der Waals surface area contributed by atoms with Crippen molar-refractivity contribution in [3.8, 4) is 5.75 Å². The van der Waals surface area contributed by atoms with Crippen molar-refractivity contribution < 1.29 is 9.53 Å². The third-order valence-electron chi connectivity index (χ3n) is 2.38. The molecule has 1 rings (SSSR count). The molecule has 0 aliphatic heterocycles. The molecule has 0 spiro atoms. The van der Waals surface area contributed by atoms with Crippen LogP contribution in [0.5, 0.6) is 5.75 Å². The standard InChI is InChI=1S/C13H18O2/c1-3-4-9-15-13-7-5-12(6-8-13)11(2)10-14/h5-8,10-11H,3-4,9H2,1-2H3. The maximum Gasteiger partial charge on any atom is 0.127 e. The Morgan fingerprint density at radius 1 is 1.33 bits per heavy atom. The summed E-state index contributed by atoms with van der Waals surface area (Å²) in [7, 11) is 0. The van der Waals surface area contributed by atoms with Gasteiger partial charge in [0.25, 0.3) is 0 Å². The molecule has 82 valence electrons. The van der Waals surface area contributed by atoms with Crippen molar-refractivity contribution in [2.24, 2.45) is 0 Å². The highest BCUT2D eigenvalue weighted by molar-refractivity contribution is 5.61. The number of unbranched alkanes of at least 4 members (excludes halogenated alkanes) is 1. The topological polar surface area (TPSA) is 26.3 Å². The molecule has 0 heterocycles. The van der Waals surface area contributed by atoms with Crippen molar-refractivity contribution in [3.63, 3.8) is 0 Å². The Labute approximate surface area is 91.3 Å². The van der Waals surface area contributed by atoms with Crippen molar-refractivity contribution in [1.82, 2.24) is 0 Å². The van der Waals surface area contributed by atoms with E-state index in [-0.39, 0.29) is 5.92 Å². The van der Waals surface area contributed by atoms with E-state index in [1.54, 1.807) is 0 Å². The molecule has 0 N–H and O–H groups in total. The second kappa shape index (κ2) is 6.23. The average Bonchev–Trinajstić information content (AvgIpc) is 2.29. The van der Waals surface area contributed by atoms with Crippen LogP contribution in [0.4, 0.5) is 0 Å². The third-order valence-corrected chi connectivity index (χ3v) is 2.38. The number of hydrogen-bond donors (Lipinski definition) is 0. The van der Waals surface area contributed by atoms with Crippen LogP contribution >= 0.6 is 0 Å². The van der Waals surface area contributed by atoms with E-state index in [2.05, 4.69) is 6.92 Å². The third kappa shape index (κ3) is 3.74. The van der Waals surface area contributed by atoms with Crippen LogP contribution in [-0.2, 0) is 4.79 Å². The largest absolute Gasteiger partial charge is 0.494 e. The molecule has 0 amide bonds. The van der Waals surface area contributed by atoms with Crippen LogP contribution in [0.3, 0.4) is 0 Å². The van der Waals surface area contributed by atoms with Gasteiger partial charge < -0.3 is 9.53 Å². The molecular formula is C13H18O2. The van der Waals surface area contributed by atoms with Crippen LogP contribution in [0.15, 0.2) is 24.3 Å². The van der Waals surface area contributed by atoms with E-state index in [4.69, 9.17) is 4.74 Å². The van der Waals surface area contributed by atoms with Gasteiger partial charge in [0.2, 0.25) is 0 Å². The normalized spacial score (nSPS) is 12.1. The molecule has 0 aliphatic carbocycles. The maximum absolute atomic E-state index is 10.6. The van der Waals surface area contributed by atoms with Crippen LogP contribution < -0.4 is 4.74 Å². The molecular weight excluding hydrogens is 188 g/mol. The monoisotopic (exact) mass is 206 g/mol. The summed E-state index contributed by atoms with van der Waals surface area (Å²) in [5.41, 5.74) is 1.04. The highest BCUT2D eigenvalue weighted by Gasteiger charge is 2.02. The van der Waals surface area contributed by atoms with Gasteiger partial charge in [-0.05, 0) is 24.1 Å². The Hall–Kier alpha value is -1.31. The fourth-order valence-electron chi connectivity index (χ4n) is 1.28. The molecule has 0 aromatic heterocycles. The van der Waals surface area contributed by atoms with Gasteiger partial charge in [-0.3, -0.25) is 0 Å². The van der Waals surface area contributed by atoms with Gasteiger partial charge in [0.05, 0.1) is 6.61 Å². The molecule has 2 nitrogen and oxygen atoms in total. The maximum atomic E-state index is 10.6. The van der Waals surface area contributed by atoms with Gasteiger partial charge in [0, 0.05) is 5.92 Å². The number of hydrogen-bond acceptors (Lipinski definition) is 2. The summed E-state index contributed by atoms with van der Waals surface area (Å²) in [6, 6.07) is 7.73. The summed E-state index contributed by atoms with van der Waals surface area (Å²) in [5, 5.41) is 0. The molecule has 1 aromatic rings. The van der Waals surface area contributed by atoms with Crippen molar-refractivity contribution in [1.29, 1.82) is 0 Å². The predicted octanol–water partition coefficient (Wildman–Crippen LogP) is 3.17. The van der Waals surface area contributed by atoms with Gasteiger partial charge in [-0.2, -0.15) is 0 Å². The molecule has 2 heteroatoms. The first-order chi connectivity index (χ1) is 7.27. The molecule has 0 bridgehead atoms. The molecule has 0 saturated carbocycles. The van der Waals surface area contributed by atoms with Crippen LogP contribution in [0.1, 0.15) is 38.2 Å². The summed E-state index contributed by atoms with van der Waals surface area (Å²) in [6.45, 7) is 4.79. The van der Waals surface area contributed by atoms with Gasteiger partial charge in [-0.25, -0.2) is 0 Å². The zero-order valence-corrected chi connectivity index (χ0v) is 9.40. The molecule has 0 saturated heterocycles. The zero-order chi connectivity index (χ0) is 11.1. The number of rotatable bonds is 6. The molecule has 0 radical (unpaired) electrons. The summed E-state index contributed by atoms with van der Waals surface area (Å²) < 4.78 is 5.53. The van der Waals surface area contributed by atoms with Crippen molar-refractivity contribution >= 4 is 6.29 Å². The Morgan fingerprint density at radius 3 is 2.53 bits per heavy atom. The number of carbonyl (C=O) groups is 1. The van der Waals surface area contributed by atoms with Crippen LogP contribution in [-0.4, -0.2) is 12.9 Å². The lowest BCUT2D eigenvalue weighted by atomic mass is 10.0. The van der Waals surface area contributed by atoms with Crippen molar-refractivity contribution in [2.45, 2.75) is 32.6 Å². The van der Waals surface area contributed by atoms with Crippen LogP contribution in [0, 0.1) is 0 Å². The minimum absolute atomic E-state index is 0.0327. The lowest BCUT2D eigenvalue weighted by molar-refractivity contribution is -0.108. The fraction of sp³-hybridized carbons (Fsp3) is 0.462. The SMILES string of the molecule is CCCCOc1ccc(C(C)C=O)cc1. The van der Waals surface area contributed by atoms with Crippen molar-refractivity contribution in [3.05, 3.63) is 29.8 Å². The van der Waals surface area contributed by atoms with Gasteiger partial charge in [-0.15, -0.1) is 0 Å². The summed E-state index contributed by atoms with van der Waals surface area (Å²) in [6.07, 6.45) is 3.17.